The summed E-state index contributed by atoms with van der Waals surface area (Å²) in [5.74, 6) is 1.56. The molecule has 3 aromatic rings. The quantitative estimate of drug-likeness (QED) is 0.721. The Morgan fingerprint density at radius 3 is 2.77 bits per heavy atom. The number of halogens is 1. The molecule has 0 saturated heterocycles. The Morgan fingerprint density at radius 1 is 1.23 bits per heavy atom. The number of thiophene rings is 1. The van der Waals surface area contributed by atoms with Crippen LogP contribution in [0.3, 0.4) is 0 Å². The van der Waals surface area contributed by atoms with Gasteiger partial charge >= 0.3 is 0 Å². The Hall–Kier alpha value is -1.92. The Balaban J connectivity index is 1.84. The van der Waals surface area contributed by atoms with Crippen LogP contribution in [0, 0.1) is 6.92 Å². The lowest BCUT2D eigenvalue weighted by Gasteiger charge is -2.23. The molecule has 6 heteroatoms. The highest BCUT2D eigenvalue weighted by Crippen LogP contribution is 2.34. The Labute approximate surface area is 140 Å². The molecule has 1 atom stereocenters. The fraction of sp³-hybridized carbons (Fsp3) is 0.125. The van der Waals surface area contributed by atoms with Crippen molar-refractivity contribution in [1.82, 2.24) is 14.8 Å². The molecule has 0 amide bonds. The molecule has 0 fully saturated rings. The third-order valence-corrected chi connectivity index (χ3v) is 5.00. The van der Waals surface area contributed by atoms with E-state index in [0.29, 0.717) is 0 Å². The molecule has 1 unspecified atom stereocenters. The molecule has 1 aromatic carbocycles. The monoisotopic (exact) mass is 372 g/mol. The number of allylic oxidation sites excluding steroid dienone is 1. The van der Waals surface area contributed by atoms with Crippen molar-refractivity contribution in [3.8, 4) is 0 Å². The van der Waals surface area contributed by atoms with E-state index < -0.39 is 0 Å². The lowest BCUT2D eigenvalue weighted by molar-refractivity contribution is 0.607. The number of rotatable bonds is 2. The maximum atomic E-state index is 4.54. The second-order valence-corrected chi connectivity index (χ2v) is 6.97. The topological polar surface area (TPSA) is 42.7 Å². The van der Waals surface area contributed by atoms with Gasteiger partial charge in [-0.05, 0) is 42.1 Å². The molecule has 0 aliphatic carbocycles. The second-order valence-electron chi connectivity index (χ2n) is 5.11. The van der Waals surface area contributed by atoms with Crippen LogP contribution in [0.4, 0.5) is 5.95 Å². The van der Waals surface area contributed by atoms with Gasteiger partial charge in [0.1, 0.15) is 11.9 Å². The molecule has 1 N–H and O–H groups in total. The molecule has 4 nitrogen and oxygen atoms in total. The van der Waals surface area contributed by atoms with E-state index in [4.69, 9.17) is 0 Å². The number of hydrogen-bond acceptors (Lipinski definition) is 4. The summed E-state index contributed by atoms with van der Waals surface area (Å²) in [6, 6.07) is 12.6. The van der Waals surface area contributed by atoms with E-state index in [1.54, 1.807) is 11.3 Å². The molecule has 1 aliphatic heterocycles. The number of aryl methyl sites for hydroxylation is 1. The average Bonchev–Trinajstić information content (AvgIpc) is 3.15. The van der Waals surface area contributed by atoms with E-state index in [0.717, 1.165) is 21.9 Å². The number of anilines is 1. The van der Waals surface area contributed by atoms with Gasteiger partial charge in [0.05, 0.1) is 10.6 Å². The molecular formula is C16H13BrN4S. The number of fused-ring (bicyclic) bond motifs is 1. The predicted octanol–water partition coefficient (Wildman–Crippen LogP) is 4.47. The summed E-state index contributed by atoms with van der Waals surface area (Å²) in [6.45, 7) is 1.91. The summed E-state index contributed by atoms with van der Waals surface area (Å²) < 4.78 is 3.01. The van der Waals surface area contributed by atoms with Crippen molar-refractivity contribution >= 4 is 38.9 Å². The van der Waals surface area contributed by atoms with Crippen LogP contribution in [0.15, 0.2) is 52.3 Å². The normalized spacial score (nSPS) is 16.8. The van der Waals surface area contributed by atoms with E-state index in [2.05, 4.69) is 79.2 Å². The summed E-state index contributed by atoms with van der Waals surface area (Å²) in [5, 5.41) is 10.0. The van der Waals surface area contributed by atoms with Gasteiger partial charge < -0.3 is 5.32 Å². The van der Waals surface area contributed by atoms with E-state index in [1.165, 1.54) is 10.4 Å². The van der Waals surface area contributed by atoms with E-state index in [-0.39, 0.29) is 6.04 Å². The minimum Gasteiger partial charge on any atom is -0.323 e. The van der Waals surface area contributed by atoms with Crippen molar-refractivity contribution < 1.29 is 0 Å². The molecule has 1 aliphatic rings. The van der Waals surface area contributed by atoms with Crippen molar-refractivity contribution in [1.29, 1.82) is 0 Å². The van der Waals surface area contributed by atoms with Gasteiger partial charge in [-0.2, -0.15) is 10.1 Å². The van der Waals surface area contributed by atoms with E-state index >= 15 is 0 Å². The van der Waals surface area contributed by atoms with Crippen LogP contribution < -0.4 is 5.32 Å². The van der Waals surface area contributed by atoms with Crippen molar-refractivity contribution in [3.05, 3.63) is 68.6 Å². The van der Waals surface area contributed by atoms with E-state index in [9.17, 15) is 0 Å². The zero-order valence-corrected chi connectivity index (χ0v) is 14.2. The summed E-state index contributed by atoms with van der Waals surface area (Å²) >= 11 is 5.20. The van der Waals surface area contributed by atoms with Crippen LogP contribution in [0.5, 0.6) is 0 Å². The molecule has 110 valence electrons. The smallest absolute Gasteiger partial charge is 0.226 e. The summed E-state index contributed by atoms with van der Waals surface area (Å²) in [4.78, 5) is 5.70. The zero-order chi connectivity index (χ0) is 15.1. The maximum Gasteiger partial charge on any atom is 0.226 e. The molecule has 0 radical (unpaired) electrons. The first-order valence-electron chi connectivity index (χ1n) is 6.92. The fourth-order valence-corrected chi connectivity index (χ4v) is 3.54. The summed E-state index contributed by atoms with van der Waals surface area (Å²) in [7, 11) is 0. The van der Waals surface area contributed by atoms with Gasteiger partial charge in [0.15, 0.2) is 0 Å². The third-order valence-electron chi connectivity index (χ3n) is 3.57. The standard InChI is InChI=1S/C16H13BrN4S/c1-10-18-16-19-13(15-3-2-8-22-15)9-14(21(16)20-10)11-4-6-12(17)7-5-11/h2-9,14H,1H3,(H,18,19,20). The lowest BCUT2D eigenvalue weighted by atomic mass is 10.0. The minimum absolute atomic E-state index is 0.0441. The Morgan fingerprint density at radius 2 is 2.05 bits per heavy atom. The third kappa shape index (κ3) is 2.38. The first kappa shape index (κ1) is 13.7. The summed E-state index contributed by atoms with van der Waals surface area (Å²) in [5.41, 5.74) is 2.27. The maximum absolute atomic E-state index is 4.54. The molecule has 2 aromatic heterocycles. The SMILES string of the molecule is Cc1nc2n(n1)C(c1ccc(Br)cc1)C=C(c1cccs1)N2. The van der Waals surface area contributed by atoms with Crippen LogP contribution in [0.25, 0.3) is 5.70 Å². The highest BCUT2D eigenvalue weighted by Gasteiger charge is 2.24. The zero-order valence-electron chi connectivity index (χ0n) is 11.8. The van der Waals surface area contributed by atoms with E-state index in [1.807, 2.05) is 11.6 Å². The number of aromatic nitrogens is 3. The summed E-state index contributed by atoms with van der Waals surface area (Å²) in [6.07, 6.45) is 2.20. The minimum atomic E-state index is 0.0441. The van der Waals surface area contributed by atoms with Crippen LogP contribution in [-0.4, -0.2) is 14.8 Å². The highest BCUT2D eigenvalue weighted by molar-refractivity contribution is 9.10. The highest BCUT2D eigenvalue weighted by atomic mass is 79.9. The lowest BCUT2D eigenvalue weighted by Crippen LogP contribution is -2.19. The number of benzene rings is 1. The van der Waals surface area contributed by atoms with Gasteiger partial charge in [-0.3, -0.25) is 0 Å². The van der Waals surface area contributed by atoms with Gasteiger partial charge in [-0.25, -0.2) is 4.68 Å². The number of nitrogens with one attached hydrogen (secondary N) is 1. The first-order valence-corrected chi connectivity index (χ1v) is 8.59. The molecular weight excluding hydrogens is 360 g/mol. The van der Waals surface area contributed by atoms with Crippen molar-refractivity contribution in [2.45, 2.75) is 13.0 Å². The Kier molecular flexibility index (Phi) is 3.35. The molecule has 0 bridgehead atoms. The molecule has 0 saturated carbocycles. The molecule has 3 heterocycles. The predicted molar refractivity (Wildman–Crippen MR) is 93.0 cm³/mol. The Bertz CT molecular complexity index is 834. The van der Waals surface area contributed by atoms with Gasteiger partial charge in [0.2, 0.25) is 5.95 Å². The van der Waals surface area contributed by atoms with Gasteiger partial charge in [-0.15, -0.1) is 11.3 Å². The molecule has 0 spiro atoms. The average molecular weight is 373 g/mol. The largest absolute Gasteiger partial charge is 0.323 e. The fourth-order valence-electron chi connectivity index (χ4n) is 2.57. The van der Waals surface area contributed by atoms with Crippen LogP contribution >= 0.6 is 27.3 Å². The van der Waals surface area contributed by atoms with Crippen LogP contribution in [0.1, 0.15) is 22.3 Å². The molecule has 22 heavy (non-hydrogen) atoms. The van der Waals surface area contributed by atoms with Crippen LogP contribution in [0.2, 0.25) is 0 Å². The van der Waals surface area contributed by atoms with Gasteiger partial charge in [-0.1, -0.05) is 34.1 Å². The number of hydrogen-bond donors (Lipinski definition) is 1. The second kappa shape index (κ2) is 5.37. The first-order chi connectivity index (χ1) is 10.7. The van der Waals surface area contributed by atoms with Gasteiger partial charge in [0, 0.05) is 4.47 Å². The van der Waals surface area contributed by atoms with Crippen LogP contribution in [-0.2, 0) is 0 Å². The molecule has 4 rings (SSSR count). The van der Waals surface area contributed by atoms with Crippen molar-refractivity contribution in [2.24, 2.45) is 0 Å². The van der Waals surface area contributed by atoms with Crippen molar-refractivity contribution in [2.75, 3.05) is 5.32 Å². The van der Waals surface area contributed by atoms with Gasteiger partial charge in [0.25, 0.3) is 0 Å². The van der Waals surface area contributed by atoms with Crippen molar-refractivity contribution in [3.63, 3.8) is 0 Å². The number of nitrogens with zero attached hydrogens (tertiary/aromatic N) is 3.